The first kappa shape index (κ1) is 19.8. The predicted molar refractivity (Wildman–Crippen MR) is 115 cm³/mol. The van der Waals surface area contributed by atoms with E-state index >= 15 is 0 Å². The predicted octanol–water partition coefficient (Wildman–Crippen LogP) is 3.81. The number of nitrogens with zero attached hydrogens (tertiary/aromatic N) is 2. The summed E-state index contributed by atoms with van der Waals surface area (Å²) in [5, 5.41) is 3.92. The molecule has 0 bridgehead atoms. The van der Waals surface area contributed by atoms with Crippen LogP contribution in [-0.4, -0.2) is 33.9 Å². The lowest BCUT2D eigenvalue weighted by molar-refractivity contribution is -0.120. The van der Waals surface area contributed by atoms with Gasteiger partial charge in [0.2, 0.25) is 5.91 Å². The molecule has 29 heavy (non-hydrogen) atoms. The third-order valence-corrected chi connectivity index (χ3v) is 6.06. The van der Waals surface area contributed by atoms with E-state index in [-0.39, 0.29) is 17.5 Å². The average Bonchev–Trinajstić information content (AvgIpc) is 3.52. The number of carbonyl (C=O) groups excluding carboxylic acids is 1. The molecule has 150 valence electrons. The van der Waals surface area contributed by atoms with Crippen molar-refractivity contribution in [3.8, 4) is 11.4 Å². The number of carbonyl (C=O) groups is 1. The van der Waals surface area contributed by atoms with E-state index in [1.165, 1.54) is 23.4 Å². The number of thioether (sulfide) groups is 1. The van der Waals surface area contributed by atoms with Gasteiger partial charge >= 0.3 is 0 Å². The molecule has 1 amide bonds. The van der Waals surface area contributed by atoms with Gasteiger partial charge in [-0.1, -0.05) is 35.5 Å². The van der Waals surface area contributed by atoms with Gasteiger partial charge in [0.15, 0.2) is 5.16 Å². The summed E-state index contributed by atoms with van der Waals surface area (Å²) >= 11 is 7.54. The second-order valence-electron chi connectivity index (χ2n) is 6.91. The zero-order valence-corrected chi connectivity index (χ0v) is 17.6. The topological polar surface area (TPSA) is 73.2 Å². The molecule has 8 heteroatoms. The number of hydrogen-bond acceptors (Lipinski definition) is 5. The minimum Gasteiger partial charge on any atom is -0.495 e. The summed E-state index contributed by atoms with van der Waals surface area (Å²) in [6.45, 7) is 1.81. The summed E-state index contributed by atoms with van der Waals surface area (Å²) in [6, 6.07) is 12.6. The standard InChI is InChI=1S/C21H20ClN3O3S/c1-12(19(26)23-13-7-8-13)29-21-24-17-6-4-3-5-15(17)20(27)25(21)14-9-10-18(28-2)16(22)11-14/h3-6,9-13H,7-8H2,1-2H3,(H,23,26). The Balaban J connectivity index is 1.81. The molecule has 3 aromatic rings. The second kappa shape index (κ2) is 8.08. The summed E-state index contributed by atoms with van der Waals surface area (Å²) in [6.07, 6.45) is 2.04. The van der Waals surface area contributed by atoms with Crippen molar-refractivity contribution in [3.63, 3.8) is 0 Å². The summed E-state index contributed by atoms with van der Waals surface area (Å²) < 4.78 is 6.71. The van der Waals surface area contributed by atoms with E-state index in [4.69, 9.17) is 16.3 Å². The number of amides is 1. The van der Waals surface area contributed by atoms with Crippen LogP contribution in [0.2, 0.25) is 5.02 Å². The number of ether oxygens (including phenoxy) is 1. The number of methoxy groups -OCH3 is 1. The Labute approximate surface area is 177 Å². The number of para-hydroxylation sites is 1. The Morgan fingerprint density at radius 2 is 2.07 bits per heavy atom. The highest BCUT2D eigenvalue weighted by molar-refractivity contribution is 8.00. The highest BCUT2D eigenvalue weighted by atomic mass is 35.5. The van der Waals surface area contributed by atoms with Gasteiger partial charge in [-0.2, -0.15) is 0 Å². The van der Waals surface area contributed by atoms with Crippen molar-refractivity contribution in [2.75, 3.05) is 7.11 Å². The van der Waals surface area contributed by atoms with E-state index in [9.17, 15) is 9.59 Å². The number of rotatable bonds is 6. The van der Waals surface area contributed by atoms with Crippen molar-refractivity contribution in [3.05, 3.63) is 57.8 Å². The van der Waals surface area contributed by atoms with E-state index < -0.39 is 5.25 Å². The summed E-state index contributed by atoms with van der Waals surface area (Å²) in [4.78, 5) is 30.4. The molecule has 1 aliphatic rings. The zero-order chi connectivity index (χ0) is 20.5. The number of halogens is 1. The van der Waals surface area contributed by atoms with Crippen molar-refractivity contribution in [1.82, 2.24) is 14.9 Å². The number of nitrogens with one attached hydrogen (secondary N) is 1. The molecule has 6 nitrogen and oxygen atoms in total. The molecule has 1 atom stereocenters. The van der Waals surface area contributed by atoms with Crippen LogP contribution in [0, 0.1) is 0 Å². The molecule has 4 rings (SSSR count). The lowest BCUT2D eigenvalue weighted by atomic mass is 10.2. The largest absolute Gasteiger partial charge is 0.495 e. The van der Waals surface area contributed by atoms with Crippen molar-refractivity contribution in [2.24, 2.45) is 0 Å². The smallest absolute Gasteiger partial charge is 0.266 e. The molecule has 0 radical (unpaired) electrons. The molecule has 1 N–H and O–H groups in total. The number of benzene rings is 2. The molecule has 1 unspecified atom stereocenters. The molecule has 2 aromatic carbocycles. The molecular weight excluding hydrogens is 410 g/mol. The zero-order valence-electron chi connectivity index (χ0n) is 16.0. The van der Waals surface area contributed by atoms with E-state index in [1.807, 2.05) is 13.0 Å². The third kappa shape index (κ3) is 4.11. The Bertz CT molecular complexity index is 1140. The summed E-state index contributed by atoms with van der Waals surface area (Å²) in [7, 11) is 1.53. The summed E-state index contributed by atoms with van der Waals surface area (Å²) in [5.74, 6) is 0.461. The van der Waals surface area contributed by atoms with Crippen molar-refractivity contribution in [1.29, 1.82) is 0 Å². The fourth-order valence-corrected chi connectivity index (χ4v) is 4.16. The Kier molecular flexibility index (Phi) is 5.52. The fraction of sp³-hybridized carbons (Fsp3) is 0.286. The van der Waals surface area contributed by atoms with Crippen LogP contribution in [0.5, 0.6) is 5.75 Å². The van der Waals surface area contributed by atoms with Gasteiger partial charge in [0.25, 0.3) is 5.56 Å². The van der Waals surface area contributed by atoms with Crippen LogP contribution >= 0.6 is 23.4 Å². The molecule has 1 aliphatic carbocycles. The Morgan fingerprint density at radius 3 is 2.76 bits per heavy atom. The van der Waals surface area contributed by atoms with Gasteiger partial charge in [-0.25, -0.2) is 4.98 Å². The first-order valence-electron chi connectivity index (χ1n) is 9.30. The van der Waals surface area contributed by atoms with Gasteiger partial charge in [0, 0.05) is 6.04 Å². The van der Waals surface area contributed by atoms with Gasteiger partial charge in [0.05, 0.1) is 34.0 Å². The van der Waals surface area contributed by atoms with Crippen LogP contribution in [0.3, 0.4) is 0 Å². The van der Waals surface area contributed by atoms with E-state index in [2.05, 4.69) is 10.3 Å². The quantitative estimate of drug-likeness (QED) is 0.476. The van der Waals surface area contributed by atoms with Crippen molar-refractivity contribution < 1.29 is 9.53 Å². The van der Waals surface area contributed by atoms with E-state index in [0.717, 1.165) is 12.8 Å². The van der Waals surface area contributed by atoms with Crippen molar-refractivity contribution >= 4 is 40.2 Å². The SMILES string of the molecule is COc1ccc(-n2c(SC(C)C(=O)NC3CC3)nc3ccccc3c2=O)cc1Cl. The molecule has 1 saturated carbocycles. The molecule has 0 aliphatic heterocycles. The maximum atomic E-state index is 13.3. The molecule has 1 aromatic heterocycles. The van der Waals surface area contributed by atoms with E-state index in [0.29, 0.717) is 32.5 Å². The van der Waals surface area contributed by atoms with Gasteiger partial charge in [-0.3, -0.25) is 14.2 Å². The van der Waals surface area contributed by atoms with Crippen LogP contribution in [0.1, 0.15) is 19.8 Å². The number of fused-ring (bicyclic) bond motifs is 1. The van der Waals surface area contributed by atoms with Crippen LogP contribution in [-0.2, 0) is 4.79 Å². The normalized spacial score (nSPS) is 14.6. The molecule has 0 spiro atoms. The van der Waals surface area contributed by atoms with Crippen LogP contribution < -0.4 is 15.6 Å². The number of aromatic nitrogens is 2. The molecular formula is C21H20ClN3O3S. The highest BCUT2D eigenvalue weighted by Gasteiger charge is 2.27. The lowest BCUT2D eigenvalue weighted by Crippen LogP contribution is -2.33. The van der Waals surface area contributed by atoms with Gasteiger partial charge in [-0.15, -0.1) is 0 Å². The lowest BCUT2D eigenvalue weighted by Gasteiger charge is -2.17. The Hall–Kier alpha value is -2.51. The highest BCUT2D eigenvalue weighted by Crippen LogP contribution is 2.30. The fourth-order valence-electron chi connectivity index (χ4n) is 2.97. The first-order valence-corrected chi connectivity index (χ1v) is 10.6. The third-order valence-electron chi connectivity index (χ3n) is 4.71. The first-order chi connectivity index (χ1) is 14.0. The monoisotopic (exact) mass is 429 g/mol. The van der Waals surface area contributed by atoms with Gasteiger partial charge in [-0.05, 0) is 50.1 Å². The van der Waals surface area contributed by atoms with E-state index in [1.54, 1.807) is 36.4 Å². The van der Waals surface area contributed by atoms with Crippen LogP contribution in [0.4, 0.5) is 0 Å². The second-order valence-corrected chi connectivity index (χ2v) is 8.63. The molecule has 0 saturated heterocycles. The Morgan fingerprint density at radius 1 is 1.31 bits per heavy atom. The average molecular weight is 430 g/mol. The summed E-state index contributed by atoms with van der Waals surface area (Å²) in [5.41, 5.74) is 0.941. The van der Waals surface area contributed by atoms with Crippen molar-refractivity contribution in [2.45, 2.75) is 36.2 Å². The van der Waals surface area contributed by atoms with Crippen LogP contribution in [0.15, 0.2) is 52.4 Å². The van der Waals surface area contributed by atoms with Crippen LogP contribution in [0.25, 0.3) is 16.6 Å². The maximum Gasteiger partial charge on any atom is 0.266 e. The maximum absolute atomic E-state index is 13.3. The molecule has 1 fully saturated rings. The minimum atomic E-state index is -0.399. The minimum absolute atomic E-state index is 0.0563. The molecule has 1 heterocycles. The van der Waals surface area contributed by atoms with Gasteiger partial charge < -0.3 is 10.1 Å². The van der Waals surface area contributed by atoms with Gasteiger partial charge in [0.1, 0.15) is 5.75 Å². The number of hydrogen-bond donors (Lipinski definition) is 1.